The zero-order valence-electron chi connectivity index (χ0n) is 8.85. The molecular weight excluding hydrogens is 224 g/mol. The number of ketones is 1. The van der Waals surface area contributed by atoms with Gasteiger partial charge in [0.2, 0.25) is 5.78 Å². The highest BCUT2D eigenvalue weighted by atomic mass is 35.5. The quantitative estimate of drug-likeness (QED) is 0.766. The highest BCUT2D eigenvalue weighted by Gasteiger charge is 2.12. The first kappa shape index (κ1) is 10.9. The van der Waals surface area contributed by atoms with Crippen molar-refractivity contribution < 1.29 is 4.79 Å². The Bertz CT molecular complexity index is 502. The molecule has 0 amide bonds. The zero-order valence-corrected chi connectivity index (χ0v) is 9.61. The minimum Gasteiger partial charge on any atom is -0.328 e. The Morgan fingerprint density at radius 2 is 2.06 bits per heavy atom. The summed E-state index contributed by atoms with van der Waals surface area (Å²) in [6, 6.07) is 6.86. The highest BCUT2D eigenvalue weighted by molar-refractivity contribution is 6.30. The van der Waals surface area contributed by atoms with Crippen LogP contribution in [0.15, 0.2) is 36.8 Å². The Morgan fingerprint density at radius 1 is 1.38 bits per heavy atom. The number of nitrogens with zero attached hydrogens (tertiary/aromatic N) is 2. The van der Waals surface area contributed by atoms with Crippen molar-refractivity contribution in [3.8, 4) is 0 Å². The lowest BCUT2D eigenvalue weighted by molar-refractivity contribution is 0.103. The summed E-state index contributed by atoms with van der Waals surface area (Å²) in [4.78, 5) is 16.1. The van der Waals surface area contributed by atoms with Gasteiger partial charge in [-0.1, -0.05) is 11.6 Å². The fourth-order valence-corrected chi connectivity index (χ4v) is 1.64. The topological polar surface area (TPSA) is 34.9 Å². The van der Waals surface area contributed by atoms with E-state index in [0.29, 0.717) is 16.3 Å². The van der Waals surface area contributed by atoms with Crippen LogP contribution in [-0.2, 0) is 6.54 Å². The largest absolute Gasteiger partial charge is 0.328 e. The predicted octanol–water partition coefficient (Wildman–Crippen LogP) is 2.79. The van der Waals surface area contributed by atoms with Crippen molar-refractivity contribution in [2.75, 3.05) is 0 Å². The number of halogens is 1. The van der Waals surface area contributed by atoms with Crippen LogP contribution in [0.2, 0.25) is 5.02 Å². The smallest absolute Gasteiger partial charge is 0.211 e. The van der Waals surface area contributed by atoms with Crippen molar-refractivity contribution in [1.29, 1.82) is 0 Å². The lowest BCUT2D eigenvalue weighted by atomic mass is 10.1. The molecule has 0 fully saturated rings. The number of carbonyl (C=O) groups is 1. The summed E-state index contributed by atoms with van der Waals surface area (Å²) in [6.07, 6.45) is 3.24. The maximum absolute atomic E-state index is 12.1. The third-order valence-corrected chi connectivity index (χ3v) is 2.64. The van der Waals surface area contributed by atoms with Gasteiger partial charge in [-0.05, 0) is 31.2 Å². The van der Waals surface area contributed by atoms with E-state index in [1.165, 1.54) is 0 Å². The molecule has 82 valence electrons. The molecule has 0 N–H and O–H groups in total. The van der Waals surface area contributed by atoms with E-state index in [1.54, 1.807) is 36.8 Å². The first-order chi connectivity index (χ1) is 7.72. The monoisotopic (exact) mass is 234 g/mol. The van der Waals surface area contributed by atoms with Gasteiger partial charge in [-0.15, -0.1) is 0 Å². The molecule has 0 saturated carbocycles. The maximum Gasteiger partial charge on any atom is 0.211 e. The number of aromatic nitrogens is 2. The van der Waals surface area contributed by atoms with Crippen LogP contribution in [-0.4, -0.2) is 15.3 Å². The first-order valence-corrected chi connectivity index (χ1v) is 5.40. The molecule has 0 spiro atoms. The number of carbonyl (C=O) groups excluding carboxylic acids is 1. The molecule has 0 aliphatic rings. The van der Waals surface area contributed by atoms with E-state index in [1.807, 2.05) is 11.5 Å². The molecule has 0 radical (unpaired) electrons. The van der Waals surface area contributed by atoms with E-state index >= 15 is 0 Å². The van der Waals surface area contributed by atoms with Crippen LogP contribution in [0.5, 0.6) is 0 Å². The lowest BCUT2D eigenvalue weighted by Gasteiger charge is -2.04. The lowest BCUT2D eigenvalue weighted by Crippen LogP contribution is -2.08. The van der Waals surface area contributed by atoms with E-state index < -0.39 is 0 Å². The van der Waals surface area contributed by atoms with Crippen molar-refractivity contribution in [3.05, 3.63) is 53.1 Å². The van der Waals surface area contributed by atoms with Gasteiger partial charge in [0.05, 0.1) is 12.5 Å². The van der Waals surface area contributed by atoms with E-state index in [-0.39, 0.29) is 5.78 Å². The summed E-state index contributed by atoms with van der Waals surface area (Å²) >= 11 is 5.77. The van der Waals surface area contributed by atoms with Gasteiger partial charge in [-0.25, -0.2) is 4.98 Å². The highest BCUT2D eigenvalue weighted by Crippen LogP contribution is 2.13. The molecule has 2 aromatic rings. The van der Waals surface area contributed by atoms with Crippen LogP contribution >= 0.6 is 11.6 Å². The Morgan fingerprint density at radius 3 is 2.69 bits per heavy atom. The molecular formula is C12H11ClN2O. The third kappa shape index (κ3) is 1.99. The van der Waals surface area contributed by atoms with E-state index in [2.05, 4.69) is 4.98 Å². The van der Waals surface area contributed by atoms with Crippen LogP contribution < -0.4 is 0 Å². The molecule has 2 rings (SSSR count). The second-order valence-electron chi connectivity index (χ2n) is 3.40. The molecule has 16 heavy (non-hydrogen) atoms. The number of benzene rings is 1. The molecule has 1 heterocycles. The third-order valence-electron chi connectivity index (χ3n) is 2.39. The first-order valence-electron chi connectivity index (χ1n) is 5.02. The average Bonchev–Trinajstić information content (AvgIpc) is 2.77. The number of aryl methyl sites for hydroxylation is 1. The molecule has 0 aliphatic carbocycles. The van der Waals surface area contributed by atoms with Gasteiger partial charge >= 0.3 is 0 Å². The molecule has 0 bridgehead atoms. The fourth-order valence-electron chi connectivity index (χ4n) is 1.51. The van der Waals surface area contributed by atoms with Crippen molar-refractivity contribution >= 4 is 17.4 Å². The molecule has 1 aromatic heterocycles. The van der Waals surface area contributed by atoms with Crippen LogP contribution in [0.3, 0.4) is 0 Å². The normalized spacial score (nSPS) is 10.4. The summed E-state index contributed by atoms with van der Waals surface area (Å²) < 4.78 is 1.82. The van der Waals surface area contributed by atoms with Crippen molar-refractivity contribution in [2.45, 2.75) is 13.5 Å². The van der Waals surface area contributed by atoms with Gasteiger partial charge in [0.1, 0.15) is 5.69 Å². The molecule has 1 aromatic carbocycles. The van der Waals surface area contributed by atoms with Gasteiger partial charge in [-0.3, -0.25) is 4.79 Å². The molecule has 0 unspecified atom stereocenters. The number of rotatable bonds is 3. The predicted molar refractivity (Wildman–Crippen MR) is 62.8 cm³/mol. The van der Waals surface area contributed by atoms with Crippen LogP contribution in [0, 0.1) is 0 Å². The SMILES string of the molecule is CCn1cncc1C(=O)c1ccc(Cl)cc1. The molecule has 3 nitrogen and oxygen atoms in total. The van der Waals surface area contributed by atoms with E-state index in [0.717, 1.165) is 6.54 Å². The second kappa shape index (κ2) is 4.49. The van der Waals surface area contributed by atoms with Crippen LogP contribution in [0.25, 0.3) is 0 Å². The molecule has 0 atom stereocenters. The number of hydrogen-bond acceptors (Lipinski definition) is 2. The van der Waals surface area contributed by atoms with Crippen molar-refractivity contribution in [1.82, 2.24) is 9.55 Å². The zero-order chi connectivity index (χ0) is 11.5. The summed E-state index contributed by atoms with van der Waals surface area (Å²) in [5.74, 6) is -0.0315. The van der Waals surface area contributed by atoms with E-state index in [9.17, 15) is 4.79 Å². The fraction of sp³-hybridized carbons (Fsp3) is 0.167. The minimum absolute atomic E-state index is 0.0315. The molecule has 0 saturated heterocycles. The summed E-state index contributed by atoms with van der Waals surface area (Å²) in [7, 11) is 0. The number of imidazole rings is 1. The van der Waals surface area contributed by atoms with Crippen molar-refractivity contribution in [2.24, 2.45) is 0 Å². The minimum atomic E-state index is -0.0315. The van der Waals surface area contributed by atoms with E-state index in [4.69, 9.17) is 11.6 Å². The average molecular weight is 235 g/mol. The van der Waals surface area contributed by atoms with Crippen molar-refractivity contribution in [3.63, 3.8) is 0 Å². The van der Waals surface area contributed by atoms with Gasteiger partial charge in [0.15, 0.2) is 0 Å². The molecule has 4 heteroatoms. The van der Waals surface area contributed by atoms with Crippen LogP contribution in [0.1, 0.15) is 23.0 Å². The second-order valence-corrected chi connectivity index (χ2v) is 3.84. The Hall–Kier alpha value is -1.61. The van der Waals surface area contributed by atoms with Gasteiger partial charge in [-0.2, -0.15) is 0 Å². The Balaban J connectivity index is 2.35. The Labute approximate surface area is 98.7 Å². The Kier molecular flexibility index (Phi) is 3.06. The summed E-state index contributed by atoms with van der Waals surface area (Å²) in [5.41, 5.74) is 1.23. The standard InChI is InChI=1S/C12H11ClN2O/c1-2-15-8-14-7-11(15)12(16)9-3-5-10(13)6-4-9/h3-8H,2H2,1H3. The summed E-state index contributed by atoms with van der Waals surface area (Å²) in [5, 5.41) is 0.626. The van der Waals surface area contributed by atoms with Gasteiger partial charge in [0, 0.05) is 17.1 Å². The maximum atomic E-state index is 12.1. The van der Waals surface area contributed by atoms with Gasteiger partial charge < -0.3 is 4.57 Å². The van der Waals surface area contributed by atoms with Crippen LogP contribution in [0.4, 0.5) is 0 Å². The summed E-state index contributed by atoms with van der Waals surface area (Å²) in [6.45, 7) is 2.70. The van der Waals surface area contributed by atoms with Gasteiger partial charge in [0.25, 0.3) is 0 Å². The number of hydrogen-bond donors (Lipinski definition) is 0. The molecule has 0 aliphatic heterocycles.